The van der Waals surface area contributed by atoms with Crippen molar-refractivity contribution in [1.29, 1.82) is 0 Å². The largest absolute Gasteiger partial charge is 0.379 e. The van der Waals surface area contributed by atoms with Crippen LogP contribution in [0.3, 0.4) is 0 Å². The summed E-state index contributed by atoms with van der Waals surface area (Å²) >= 11 is 3.19. The van der Waals surface area contributed by atoms with Crippen molar-refractivity contribution in [2.24, 2.45) is 0 Å². The minimum absolute atomic E-state index is 0.239. The first-order valence-corrected chi connectivity index (χ1v) is 6.61. The van der Waals surface area contributed by atoms with Crippen molar-refractivity contribution < 1.29 is 4.39 Å². The van der Waals surface area contributed by atoms with Crippen LogP contribution in [0.2, 0.25) is 0 Å². The van der Waals surface area contributed by atoms with Crippen molar-refractivity contribution >= 4 is 21.6 Å². The highest BCUT2D eigenvalue weighted by molar-refractivity contribution is 9.10. The highest BCUT2D eigenvalue weighted by atomic mass is 79.9. The van der Waals surface area contributed by atoms with Crippen LogP contribution in [-0.2, 0) is 13.1 Å². The van der Waals surface area contributed by atoms with E-state index in [1.54, 1.807) is 12.3 Å². The summed E-state index contributed by atoms with van der Waals surface area (Å²) in [5.74, 6) is -0.239. The molecule has 3 nitrogen and oxygen atoms in total. The van der Waals surface area contributed by atoms with E-state index in [-0.39, 0.29) is 5.82 Å². The molecule has 1 aromatic heterocycles. The molecule has 0 saturated heterocycles. The summed E-state index contributed by atoms with van der Waals surface area (Å²) in [4.78, 5) is 0. The van der Waals surface area contributed by atoms with E-state index in [4.69, 9.17) is 0 Å². The summed E-state index contributed by atoms with van der Waals surface area (Å²) in [7, 11) is 0. The molecule has 0 radical (unpaired) electrons. The predicted octanol–water partition coefficient (Wildman–Crippen LogP) is 3.73. The Labute approximate surface area is 114 Å². The molecule has 0 amide bonds. The quantitative estimate of drug-likeness (QED) is 0.932. The van der Waals surface area contributed by atoms with E-state index >= 15 is 0 Å². The van der Waals surface area contributed by atoms with Gasteiger partial charge < -0.3 is 5.32 Å². The van der Waals surface area contributed by atoms with E-state index in [9.17, 15) is 4.39 Å². The fourth-order valence-electron chi connectivity index (χ4n) is 1.82. The Morgan fingerprint density at radius 1 is 1.44 bits per heavy atom. The number of hydrogen-bond acceptors (Lipinski definition) is 2. The van der Waals surface area contributed by atoms with Crippen molar-refractivity contribution in [2.75, 3.05) is 5.32 Å². The zero-order valence-electron chi connectivity index (χ0n) is 10.4. The van der Waals surface area contributed by atoms with Gasteiger partial charge in [0.1, 0.15) is 5.82 Å². The minimum atomic E-state index is -0.239. The lowest BCUT2D eigenvalue weighted by molar-refractivity contribution is 0.619. The molecule has 1 N–H and O–H groups in total. The Bertz CT molecular complexity index is 551. The molecule has 2 aromatic rings. The number of benzene rings is 1. The number of nitrogens with one attached hydrogen (secondary N) is 1. The number of rotatable bonds is 4. The topological polar surface area (TPSA) is 29.9 Å². The lowest BCUT2D eigenvalue weighted by Crippen LogP contribution is -2.08. The van der Waals surface area contributed by atoms with Gasteiger partial charge in [0.2, 0.25) is 0 Å². The Balaban J connectivity index is 2.13. The smallest absolute Gasteiger partial charge is 0.137 e. The summed E-state index contributed by atoms with van der Waals surface area (Å²) in [6.07, 6.45) is 1.79. The van der Waals surface area contributed by atoms with E-state index < -0.39 is 0 Å². The minimum Gasteiger partial charge on any atom is -0.379 e. The molecule has 96 valence electrons. The first-order valence-electron chi connectivity index (χ1n) is 5.82. The molecule has 0 aliphatic rings. The lowest BCUT2D eigenvalue weighted by atomic mass is 10.2. The summed E-state index contributed by atoms with van der Waals surface area (Å²) in [6, 6.07) is 5.26. The van der Waals surface area contributed by atoms with Crippen LogP contribution in [0.25, 0.3) is 0 Å². The van der Waals surface area contributed by atoms with Crippen molar-refractivity contribution in [1.82, 2.24) is 9.78 Å². The highest BCUT2D eigenvalue weighted by Gasteiger charge is 2.06. The van der Waals surface area contributed by atoms with Gasteiger partial charge in [-0.05, 0) is 53.5 Å². The first kappa shape index (κ1) is 13.1. The summed E-state index contributed by atoms with van der Waals surface area (Å²) in [5.41, 5.74) is 2.92. The second-order valence-electron chi connectivity index (χ2n) is 4.07. The maximum absolute atomic E-state index is 13.3. The lowest BCUT2D eigenvalue weighted by Gasteiger charge is -2.11. The van der Waals surface area contributed by atoms with Gasteiger partial charge in [-0.1, -0.05) is 0 Å². The molecule has 0 fully saturated rings. The van der Waals surface area contributed by atoms with E-state index in [1.165, 1.54) is 6.07 Å². The van der Waals surface area contributed by atoms with Gasteiger partial charge in [0.05, 0.1) is 16.7 Å². The van der Waals surface area contributed by atoms with E-state index in [0.717, 1.165) is 23.5 Å². The zero-order valence-corrected chi connectivity index (χ0v) is 12.0. The van der Waals surface area contributed by atoms with Gasteiger partial charge in [-0.3, -0.25) is 4.68 Å². The van der Waals surface area contributed by atoms with Crippen molar-refractivity contribution in [2.45, 2.75) is 26.9 Å². The molecule has 1 heterocycles. The van der Waals surface area contributed by atoms with Gasteiger partial charge in [0.25, 0.3) is 0 Å². The molecule has 0 unspecified atom stereocenters. The van der Waals surface area contributed by atoms with Crippen LogP contribution in [0, 0.1) is 12.7 Å². The highest BCUT2D eigenvalue weighted by Crippen LogP contribution is 2.24. The van der Waals surface area contributed by atoms with Crippen LogP contribution in [0.1, 0.15) is 18.2 Å². The normalized spacial score (nSPS) is 10.7. The maximum Gasteiger partial charge on any atom is 0.137 e. The summed E-state index contributed by atoms with van der Waals surface area (Å²) < 4.78 is 15.7. The predicted molar refractivity (Wildman–Crippen MR) is 74.1 cm³/mol. The third kappa shape index (κ3) is 2.72. The van der Waals surface area contributed by atoms with Gasteiger partial charge in [-0.15, -0.1) is 0 Å². The molecule has 0 bridgehead atoms. The first-order chi connectivity index (χ1) is 8.61. The second kappa shape index (κ2) is 5.52. The molecule has 1 aromatic carbocycles. The average molecular weight is 312 g/mol. The monoisotopic (exact) mass is 311 g/mol. The van der Waals surface area contributed by atoms with Gasteiger partial charge in [0, 0.05) is 18.4 Å². The van der Waals surface area contributed by atoms with Crippen molar-refractivity contribution in [3.8, 4) is 0 Å². The van der Waals surface area contributed by atoms with Gasteiger partial charge in [-0.2, -0.15) is 5.10 Å². The van der Waals surface area contributed by atoms with Crippen LogP contribution in [0.5, 0.6) is 0 Å². The van der Waals surface area contributed by atoms with Gasteiger partial charge in [0.15, 0.2) is 0 Å². The summed E-state index contributed by atoms with van der Waals surface area (Å²) in [5, 5.41) is 7.51. The van der Waals surface area contributed by atoms with Crippen LogP contribution < -0.4 is 5.32 Å². The van der Waals surface area contributed by atoms with E-state index in [1.807, 2.05) is 17.7 Å². The number of aryl methyl sites for hydroxylation is 2. The summed E-state index contributed by atoms with van der Waals surface area (Å²) in [6.45, 7) is 5.45. The molecule has 0 saturated carbocycles. The van der Waals surface area contributed by atoms with E-state index in [0.29, 0.717) is 11.0 Å². The average Bonchev–Trinajstić information content (AvgIpc) is 2.79. The Morgan fingerprint density at radius 3 is 2.94 bits per heavy atom. The van der Waals surface area contributed by atoms with E-state index in [2.05, 4.69) is 33.3 Å². The number of hydrogen-bond donors (Lipinski definition) is 1. The fourth-order valence-corrected chi connectivity index (χ4v) is 2.16. The number of anilines is 1. The van der Waals surface area contributed by atoms with Crippen molar-refractivity contribution in [3.05, 3.63) is 45.9 Å². The van der Waals surface area contributed by atoms with Crippen LogP contribution in [-0.4, -0.2) is 9.78 Å². The SMILES string of the molecule is CCn1nccc1CNc1cc(Br)c(F)cc1C. The fraction of sp³-hybridized carbons (Fsp3) is 0.308. The molecule has 18 heavy (non-hydrogen) atoms. The zero-order chi connectivity index (χ0) is 13.1. The Hall–Kier alpha value is -1.36. The second-order valence-corrected chi connectivity index (χ2v) is 4.93. The standard InChI is InChI=1S/C13H15BrFN3/c1-3-18-10(4-5-17-18)8-16-13-7-11(14)12(15)6-9(13)2/h4-7,16H,3,8H2,1-2H3. The van der Waals surface area contributed by atoms with Gasteiger partial charge >= 0.3 is 0 Å². The maximum atomic E-state index is 13.3. The van der Waals surface area contributed by atoms with Crippen molar-refractivity contribution in [3.63, 3.8) is 0 Å². The Kier molecular flexibility index (Phi) is 4.01. The van der Waals surface area contributed by atoms with Crippen LogP contribution >= 0.6 is 15.9 Å². The molecule has 2 rings (SSSR count). The molecular weight excluding hydrogens is 297 g/mol. The Morgan fingerprint density at radius 2 is 2.22 bits per heavy atom. The van der Waals surface area contributed by atoms with Crippen LogP contribution in [0.15, 0.2) is 28.9 Å². The molecule has 0 aliphatic heterocycles. The molecular formula is C13H15BrFN3. The molecule has 0 atom stereocenters. The number of aromatic nitrogens is 2. The third-order valence-corrected chi connectivity index (χ3v) is 3.44. The molecule has 0 spiro atoms. The third-order valence-electron chi connectivity index (χ3n) is 2.83. The molecule has 0 aliphatic carbocycles. The molecule has 5 heteroatoms. The number of nitrogens with zero attached hydrogens (tertiary/aromatic N) is 2. The van der Waals surface area contributed by atoms with Crippen LogP contribution in [0.4, 0.5) is 10.1 Å². The van der Waals surface area contributed by atoms with Gasteiger partial charge in [-0.25, -0.2) is 4.39 Å². The number of halogens is 2.